The van der Waals surface area contributed by atoms with Crippen molar-refractivity contribution in [1.82, 2.24) is 10.3 Å². The molecule has 0 bridgehead atoms. The fraction of sp³-hybridized carbons (Fsp3) is 0.125. The first-order valence-corrected chi connectivity index (χ1v) is 13.8. The van der Waals surface area contributed by atoms with Crippen molar-refractivity contribution in [2.24, 2.45) is 0 Å². The molecule has 4 rings (SSSR count). The van der Waals surface area contributed by atoms with Crippen LogP contribution >= 0.6 is 11.8 Å². The number of thioether (sulfide) groups is 1. The normalized spacial score (nSPS) is 11.6. The van der Waals surface area contributed by atoms with Crippen molar-refractivity contribution in [1.29, 1.82) is 0 Å². The molecule has 0 spiro atoms. The number of nitrogens with one attached hydrogen (secondary N) is 3. The van der Waals surface area contributed by atoms with Gasteiger partial charge in [0.2, 0.25) is 5.91 Å². The zero-order valence-electron chi connectivity index (χ0n) is 23.3. The molecule has 3 amide bonds. The van der Waals surface area contributed by atoms with Crippen LogP contribution in [0.3, 0.4) is 0 Å². The lowest BCUT2D eigenvalue weighted by Gasteiger charge is -2.14. The molecule has 1 aromatic heterocycles. The van der Waals surface area contributed by atoms with E-state index in [1.807, 2.05) is 6.07 Å². The van der Waals surface area contributed by atoms with E-state index >= 15 is 0 Å². The van der Waals surface area contributed by atoms with Gasteiger partial charge in [-0.05, 0) is 67.6 Å². The minimum atomic E-state index is -0.539. The Kier molecular flexibility index (Phi) is 10.3. The summed E-state index contributed by atoms with van der Waals surface area (Å²) in [7, 11) is 3.06. The minimum Gasteiger partial charge on any atom is -0.497 e. The van der Waals surface area contributed by atoms with E-state index in [0.29, 0.717) is 34.0 Å². The molecule has 214 valence electrons. The van der Waals surface area contributed by atoms with E-state index in [4.69, 9.17) is 9.47 Å². The monoisotopic (exact) mass is 582 g/mol. The molecule has 0 aliphatic rings. The molecule has 10 heteroatoms. The van der Waals surface area contributed by atoms with E-state index in [2.05, 4.69) is 20.9 Å². The number of aromatic nitrogens is 1. The quantitative estimate of drug-likeness (QED) is 0.155. The summed E-state index contributed by atoms with van der Waals surface area (Å²) in [5.74, 6) is -0.0964. The molecule has 0 saturated carbocycles. The zero-order chi connectivity index (χ0) is 29.9. The maximum atomic E-state index is 13.5. The standard InChI is InChI=1S/C32H30N4O5S/c1-21(30(37)34-24-14-16-33-17-15-24)42-27-11-7-10-25(19-27)35-32(39)28(36-31(38)22-8-5-4-6-9-22)18-23-12-13-26(40-2)20-29(23)41-3/h4-21H,1-3H3,(H,35,39)(H,36,38)(H,33,34,37)/b28-18+. The molecule has 0 radical (unpaired) electrons. The Morgan fingerprint density at radius 2 is 1.60 bits per heavy atom. The summed E-state index contributed by atoms with van der Waals surface area (Å²) in [6, 6.07) is 24.3. The Hall–Kier alpha value is -5.09. The molecule has 1 unspecified atom stereocenters. The van der Waals surface area contributed by atoms with Crippen LogP contribution in [0.15, 0.2) is 108 Å². The second kappa shape index (κ2) is 14.5. The maximum absolute atomic E-state index is 13.5. The van der Waals surface area contributed by atoms with Gasteiger partial charge in [-0.25, -0.2) is 0 Å². The Bertz CT molecular complexity index is 1580. The van der Waals surface area contributed by atoms with Gasteiger partial charge in [0.1, 0.15) is 17.2 Å². The second-order valence-corrected chi connectivity index (χ2v) is 10.4. The summed E-state index contributed by atoms with van der Waals surface area (Å²) in [5, 5.41) is 8.03. The van der Waals surface area contributed by atoms with Crippen LogP contribution in [0.1, 0.15) is 22.8 Å². The largest absolute Gasteiger partial charge is 0.497 e. The highest BCUT2D eigenvalue weighted by molar-refractivity contribution is 8.00. The predicted molar refractivity (Wildman–Crippen MR) is 165 cm³/mol. The van der Waals surface area contributed by atoms with Gasteiger partial charge in [-0.2, -0.15) is 0 Å². The topological polar surface area (TPSA) is 119 Å². The summed E-state index contributed by atoms with van der Waals surface area (Å²) in [6.07, 6.45) is 4.75. The fourth-order valence-corrected chi connectivity index (χ4v) is 4.74. The smallest absolute Gasteiger partial charge is 0.272 e. The van der Waals surface area contributed by atoms with Crippen LogP contribution in [0, 0.1) is 0 Å². The number of rotatable bonds is 11. The average Bonchev–Trinajstić information content (AvgIpc) is 3.01. The molecule has 0 aliphatic carbocycles. The average molecular weight is 583 g/mol. The lowest BCUT2D eigenvalue weighted by molar-refractivity contribution is -0.115. The number of benzene rings is 3. The highest BCUT2D eigenvalue weighted by Gasteiger charge is 2.18. The van der Waals surface area contributed by atoms with E-state index < -0.39 is 17.1 Å². The van der Waals surface area contributed by atoms with E-state index in [9.17, 15) is 14.4 Å². The van der Waals surface area contributed by atoms with Crippen LogP contribution in [0.4, 0.5) is 11.4 Å². The zero-order valence-corrected chi connectivity index (χ0v) is 24.1. The predicted octanol–water partition coefficient (Wildman–Crippen LogP) is 5.63. The Morgan fingerprint density at radius 1 is 0.833 bits per heavy atom. The molecular weight excluding hydrogens is 552 g/mol. The van der Waals surface area contributed by atoms with Crippen molar-refractivity contribution < 1.29 is 23.9 Å². The van der Waals surface area contributed by atoms with Gasteiger partial charge in [-0.3, -0.25) is 19.4 Å². The van der Waals surface area contributed by atoms with Crippen molar-refractivity contribution in [3.8, 4) is 11.5 Å². The van der Waals surface area contributed by atoms with E-state index in [1.165, 1.54) is 18.9 Å². The van der Waals surface area contributed by atoms with E-state index in [0.717, 1.165) is 4.90 Å². The minimum absolute atomic E-state index is 0.00970. The third-order valence-corrected chi connectivity index (χ3v) is 7.08. The van der Waals surface area contributed by atoms with Gasteiger partial charge in [0.15, 0.2) is 0 Å². The Morgan fingerprint density at radius 3 is 2.31 bits per heavy atom. The second-order valence-electron chi connectivity index (χ2n) is 8.95. The Balaban J connectivity index is 1.54. The van der Waals surface area contributed by atoms with Crippen molar-refractivity contribution in [3.63, 3.8) is 0 Å². The first-order valence-electron chi connectivity index (χ1n) is 13.0. The molecule has 1 atom stereocenters. The number of ether oxygens (including phenoxy) is 2. The van der Waals surface area contributed by atoms with Crippen LogP contribution in [-0.2, 0) is 9.59 Å². The first-order chi connectivity index (χ1) is 20.4. The number of amides is 3. The lowest BCUT2D eigenvalue weighted by Crippen LogP contribution is -2.30. The number of carbonyl (C=O) groups is 3. The third-order valence-electron chi connectivity index (χ3n) is 5.99. The molecule has 9 nitrogen and oxygen atoms in total. The van der Waals surface area contributed by atoms with Gasteiger partial charge >= 0.3 is 0 Å². The third kappa shape index (κ3) is 8.21. The number of nitrogens with zero attached hydrogens (tertiary/aromatic N) is 1. The molecule has 1 heterocycles. The summed E-state index contributed by atoms with van der Waals surface area (Å²) in [5.41, 5.74) is 2.13. The van der Waals surface area contributed by atoms with Gasteiger partial charge in [0.05, 0.1) is 19.5 Å². The van der Waals surface area contributed by atoms with Gasteiger partial charge in [-0.15, -0.1) is 11.8 Å². The number of carbonyl (C=O) groups excluding carboxylic acids is 3. The molecule has 0 fully saturated rings. The van der Waals surface area contributed by atoms with Crippen LogP contribution in [0.2, 0.25) is 0 Å². The first kappa shape index (κ1) is 29.9. The molecular formula is C32H30N4O5S. The summed E-state index contributed by atoms with van der Waals surface area (Å²) in [6.45, 7) is 1.80. The van der Waals surface area contributed by atoms with E-state index in [1.54, 1.807) is 111 Å². The van der Waals surface area contributed by atoms with Gasteiger partial charge in [0.25, 0.3) is 11.8 Å². The van der Waals surface area contributed by atoms with Gasteiger partial charge < -0.3 is 25.4 Å². The fourth-order valence-electron chi connectivity index (χ4n) is 3.82. The van der Waals surface area contributed by atoms with Gasteiger partial charge in [0, 0.05) is 45.9 Å². The molecule has 3 N–H and O–H groups in total. The summed E-state index contributed by atoms with van der Waals surface area (Å²) >= 11 is 1.35. The van der Waals surface area contributed by atoms with Crippen LogP contribution in [0.25, 0.3) is 6.08 Å². The van der Waals surface area contributed by atoms with Crippen molar-refractivity contribution >= 4 is 46.9 Å². The summed E-state index contributed by atoms with van der Waals surface area (Å²) < 4.78 is 10.7. The molecule has 3 aromatic carbocycles. The Labute approximate surface area is 248 Å². The van der Waals surface area contributed by atoms with Crippen LogP contribution in [0.5, 0.6) is 11.5 Å². The number of hydrogen-bond acceptors (Lipinski definition) is 7. The van der Waals surface area contributed by atoms with Gasteiger partial charge in [-0.1, -0.05) is 24.3 Å². The SMILES string of the molecule is COc1ccc(/C=C(/NC(=O)c2ccccc2)C(=O)Nc2cccc(SC(C)C(=O)Nc3ccncc3)c2)c(OC)c1. The van der Waals surface area contributed by atoms with Crippen molar-refractivity contribution in [2.75, 3.05) is 24.9 Å². The van der Waals surface area contributed by atoms with Crippen LogP contribution < -0.4 is 25.4 Å². The number of methoxy groups -OCH3 is 2. The maximum Gasteiger partial charge on any atom is 0.272 e. The molecule has 4 aromatic rings. The van der Waals surface area contributed by atoms with Crippen LogP contribution in [-0.4, -0.2) is 42.2 Å². The number of anilines is 2. The highest BCUT2D eigenvalue weighted by Crippen LogP contribution is 2.28. The molecule has 0 aliphatic heterocycles. The molecule has 42 heavy (non-hydrogen) atoms. The number of hydrogen-bond donors (Lipinski definition) is 3. The number of pyridine rings is 1. The molecule has 0 saturated heterocycles. The highest BCUT2D eigenvalue weighted by atomic mass is 32.2. The van der Waals surface area contributed by atoms with Crippen molar-refractivity contribution in [3.05, 3.63) is 114 Å². The van der Waals surface area contributed by atoms with Crippen molar-refractivity contribution in [2.45, 2.75) is 17.1 Å². The summed E-state index contributed by atoms with van der Waals surface area (Å²) in [4.78, 5) is 43.9. The lowest BCUT2D eigenvalue weighted by atomic mass is 10.1. The van der Waals surface area contributed by atoms with E-state index in [-0.39, 0.29) is 11.6 Å².